The van der Waals surface area contributed by atoms with Crippen molar-refractivity contribution < 1.29 is 36.5 Å². The maximum Gasteiger partial charge on any atom is 0.270 e. The second-order valence-corrected chi connectivity index (χ2v) is 10.3. The van der Waals surface area contributed by atoms with Crippen LogP contribution in [0.5, 0.6) is 0 Å². The highest BCUT2D eigenvalue weighted by Gasteiger charge is 2.55. The highest BCUT2D eigenvalue weighted by Crippen LogP contribution is 2.46. The van der Waals surface area contributed by atoms with Crippen LogP contribution < -0.4 is 11.2 Å². The lowest BCUT2D eigenvalue weighted by Crippen LogP contribution is -2.54. The standard InChI is InChI=1S/C27H28F3N5O4/c1-13(2)8-20(34(3)25(37)19-9-14-16(28)10-17(29)22(30)23(14)32-19)26(38)35-12-27(11-21(35)24(31)36)15-6-4-5-7-18(15)33-39-27/h4-7,9-10,13,20-21,32-33H,8,11-12H2,1-3H3,(H2,31,36)/t20-,21-,27-/m0/s1/i4D,9D,10D. The van der Waals surface area contributed by atoms with Gasteiger partial charge in [0.25, 0.3) is 5.91 Å². The van der Waals surface area contributed by atoms with Gasteiger partial charge in [-0.2, -0.15) is 0 Å². The molecular weight excluding hydrogens is 515 g/mol. The maximum absolute atomic E-state index is 14.6. The molecule has 3 aromatic rings. The second-order valence-electron chi connectivity index (χ2n) is 10.3. The van der Waals surface area contributed by atoms with Gasteiger partial charge >= 0.3 is 0 Å². The van der Waals surface area contributed by atoms with E-state index in [2.05, 4.69) is 10.5 Å². The van der Waals surface area contributed by atoms with E-state index in [0.29, 0.717) is 11.3 Å². The van der Waals surface area contributed by atoms with Gasteiger partial charge in [0.1, 0.15) is 29.2 Å². The molecule has 206 valence electrons. The number of carbonyl (C=O) groups excluding carboxylic acids is 3. The lowest BCUT2D eigenvalue weighted by Gasteiger charge is -2.33. The van der Waals surface area contributed by atoms with Crippen molar-refractivity contribution in [3.63, 3.8) is 0 Å². The Labute approximate surface area is 226 Å². The average Bonchev–Trinajstić information content (AvgIpc) is 3.62. The summed E-state index contributed by atoms with van der Waals surface area (Å²) < 4.78 is 67.0. The molecule has 2 aromatic carbocycles. The van der Waals surface area contributed by atoms with Crippen LogP contribution in [0.3, 0.4) is 0 Å². The Kier molecular flexibility index (Phi) is 5.63. The molecule has 4 N–H and O–H groups in total. The molecule has 3 atom stereocenters. The smallest absolute Gasteiger partial charge is 0.270 e. The number of aromatic amines is 1. The van der Waals surface area contributed by atoms with Gasteiger partial charge in [0, 0.05) is 30.5 Å². The van der Waals surface area contributed by atoms with E-state index >= 15 is 0 Å². The summed E-state index contributed by atoms with van der Waals surface area (Å²) in [7, 11) is 1.27. The SMILES string of the molecule is [2H]c1ccc2c(c1)[C@@]1(C[C@@H](C(N)=O)N(C(=O)[C@H](CC(C)C)N(C)C(=O)c3[nH]c4c(F)c(F)c([2H])c(F)c4c3[2H])C1)ON2. The molecule has 0 unspecified atom stereocenters. The number of hydrogen-bond donors (Lipinski definition) is 3. The van der Waals surface area contributed by atoms with Gasteiger partial charge in [-0.25, -0.2) is 13.2 Å². The molecule has 3 heterocycles. The Hall–Kier alpha value is -4.06. The Bertz CT molecular complexity index is 1650. The number of rotatable bonds is 6. The number of fused-ring (bicyclic) bond motifs is 3. The Morgan fingerprint density at radius 1 is 1.26 bits per heavy atom. The van der Waals surface area contributed by atoms with Crippen LogP contribution in [0.4, 0.5) is 18.9 Å². The van der Waals surface area contributed by atoms with Crippen molar-refractivity contribution in [3.8, 4) is 0 Å². The Morgan fingerprint density at radius 3 is 2.69 bits per heavy atom. The summed E-state index contributed by atoms with van der Waals surface area (Å²) in [6.45, 7) is 3.47. The number of amides is 3. The highest BCUT2D eigenvalue weighted by molar-refractivity contribution is 6.01. The molecule has 1 fully saturated rings. The summed E-state index contributed by atoms with van der Waals surface area (Å²) in [4.78, 5) is 50.6. The second kappa shape index (κ2) is 9.60. The minimum atomic E-state index is -1.77. The van der Waals surface area contributed by atoms with Crippen molar-refractivity contribution in [2.24, 2.45) is 11.7 Å². The number of carbonyl (C=O) groups is 3. The predicted molar refractivity (Wildman–Crippen MR) is 136 cm³/mol. The van der Waals surface area contributed by atoms with E-state index in [-0.39, 0.29) is 31.3 Å². The number of nitrogens with two attached hydrogens (primary N) is 1. The lowest BCUT2D eigenvalue weighted by atomic mass is 9.91. The molecule has 2 aliphatic heterocycles. The molecule has 3 amide bonds. The van der Waals surface area contributed by atoms with Crippen LogP contribution in [0.2, 0.25) is 0 Å². The van der Waals surface area contributed by atoms with Gasteiger partial charge in [0.05, 0.1) is 21.9 Å². The minimum Gasteiger partial charge on any atom is -0.368 e. The monoisotopic (exact) mass is 546 g/mol. The molecule has 1 spiro atoms. The topological polar surface area (TPSA) is 121 Å². The first-order valence-corrected chi connectivity index (χ1v) is 12.3. The van der Waals surface area contributed by atoms with Crippen molar-refractivity contribution in [3.05, 3.63) is 65.0 Å². The van der Waals surface area contributed by atoms with Gasteiger partial charge in [0.2, 0.25) is 11.8 Å². The third-order valence-electron chi connectivity index (χ3n) is 7.23. The summed E-state index contributed by atoms with van der Waals surface area (Å²) in [5, 5.41) is -0.768. The maximum atomic E-state index is 14.6. The number of nitrogens with one attached hydrogen (secondary N) is 2. The zero-order valence-electron chi connectivity index (χ0n) is 24.3. The van der Waals surface area contributed by atoms with Crippen molar-refractivity contribution in [1.82, 2.24) is 14.8 Å². The van der Waals surface area contributed by atoms with Gasteiger partial charge in [0.15, 0.2) is 11.6 Å². The van der Waals surface area contributed by atoms with Crippen molar-refractivity contribution in [1.29, 1.82) is 0 Å². The van der Waals surface area contributed by atoms with Crippen molar-refractivity contribution in [2.45, 2.75) is 44.4 Å². The van der Waals surface area contributed by atoms with E-state index < -0.39 is 81.5 Å². The summed E-state index contributed by atoms with van der Waals surface area (Å²) in [6.07, 6.45) is 0.0897. The minimum absolute atomic E-state index is 0.0119. The van der Waals surface area contributed by atoms with Crippen LogP contribution in [0, 0.1) is 23.4 Å². The van der Waals surface area contributed by atoms with Gasteiger partial charge in [-0.05, 0) is 24.4 Å². The molecule has 0 bridgehead atoms. The number of anilines is 1. The van der Waals surface area contributed by atoms with Crippen LogP contribution in [0.15, 0.2) is 36.3 Å². The van der Waals surface area contributed by atoms with Crippen LogP contribution >= 0.6 is 0 Å². The van der Waals surface area contributed by atoms with Crippen LogP contribution in [0.1, 0.15) is 46.9 Å². The van der Waals surface area contributed by atoms with Crippen molar-refractivity contribution >= 4 is 34.3 Å². The van der Waals surface area contributed by atoms with Gasteiger partial charge < -0.3 is 20.5 Å². The molecule has 0 aliphatic carbocycles. The first-order valence-electron chi connectivity index (χ1n) is 13.8. The number of likely N-dealkylation sites (N-methyl/N-ethyl adjacent to an activating group) is 1. The number of H-pyrrole nitrogens is 1. The van der Waals surface area contributed by atoms with Gasteiger partial charge in [-0.1, -0.05) is 32.0 Å². The molecule has 1 aromatic heterocycles. The fourth-order valence-corrected chi connectivity index (χ4v) is 5.28. The average molecular weight is 547 g/mol. The molecule has 9 nitrogen and oxygen atoms in total. The quantitative estimate of drug-likeness (QED) is 0.410. The first kappa shape index (κ1) is 22.9. The first-order chi connectivity index (χ1) is 19.7. The van der Waals surface area contributed by atoms with E-state index in [1.54, 1.807) is 32.0 Å². The molecule has 2 aliphatic rings. The third-order valence-corrected chi connectivity index (χ3v) is 7.23. The summed E-state index contributed by atoms with van der Waals surface area (Å²) in [5.41, 5.74) is 7.03. The lowest BCUT2D eigenvalue weighted by molar-refractivity contribution is -0.141. The summed E-state index contributed by atoms with van der Waals surface area (Å²) in [5.74, 6) is -7.50. The number of para-hydroxylation sites is 1. The van der Waals surface area contributed by atoms with E-state index in [1.807, 2.05) is 0 Å². The van der Waals surface area contributed by atoms with E-state index in [9.17, 15) is 27.6 Å². The number of hydrogen-bond acceptors (Lipinski definition) is 5. The summed E-state index contributed by atoms with van der Waals surface area (Å²) >= 11 is 0. The number of likely N-dealkylation sites (tertiary alicyclic amines) is 1. The van der Waals surface area contributed by atoms with Gasteiger partial charge in [-0.15, -0.1) is 0 Å². The Morgan fingerprint density at radius 2 is 2.00 bits per heavy atom. The number of aromatic nitrogens is 1. The number of benzene rings is 2. The van der Waals surface area contributed by atoms with E-state index in [1.165, 1.54) is 11.9 Å². The van der Waals surface area contributed by atoms with Crippen LogP contribution in [-0.4, -0.2) is 58.2 Å². The van der Waals surface area contributed by atoms with Gasteiger partial charge in [-0.3, -0.25) is 24.7 Å². The Balaban J connectivity index is 1.51. The zero-order chi connectivity index (χ0) is 30.8. The van der Waals surface area contributed by atoms with E-state index in [4.69, 9.17) is 14.7 Å². The van der Waals surface area contributed by atoms with Crippen LogP contribution in [-0.2, 0) is 20.0 Å². The van der Waals surface area contributed by atoms with Crippen molar-refractivity contribution in [2.75, 3.05) is 19.1 Å². The molecule has 0 radical (unpaired) electrons. The molecule has 1 saturated heterocycles. The normalized spacial score (nSPS) is 22.0. The van der Waals surface area contributed by atoms with Crippen LogP contribution in [0.25, 0.3) is 10.9 Å². The predicted octanol–water partition coefficient (Wildman–Crippen LogP) is 3.41. The fraction of sp³-hybridized carbons (Fsp3) is 0.370. The highest BCUT2D eigenvalue weighted by atomic mass is 19.2. The number of nitrogens with zero attached hydrogens (tertiary/aromatic N) is 2. The number of primary amides is 1. The third kappa shape index (κ3) is 4.38. The molecule has 5 rings (SSSR count). The molecule has 12 heteroatoms. The fourth-order valence-electron chi connectivity index (χ4n) is 5.28. The largest absolute Gasteiger partial charge is 0.368 e. The molecule has 39 heavy (non-hydrogen) atoms. The molecular formula is C27H28F3N5O4. The summed E-state index contributed by atoms with van der Waals surface area (Å²) in [6, 6.07) is 0.440. The zero-order valence-corrected chi connectivity index (χ0v) is 21.3. The number of halogens is 3. The molecule has 0 saturated carbocycles. The van der Waals surface area contributed by atoms with E-state index in [0.717, 1.165) is 4.90 Å².